The number of aliphatic imine (C=N–C) groups is 1. The van der Waals surface area contributed by atoms with Crippen molar-refractivity contribution in [3.8, 4) is 0 Å². The lowest BCUT2D eigenvalue weighted by Gasteiger charge is -2.22. The first-order valence-electron chi connectivity index (χ1n) is 10.4. The van der Waals surface area contributed by atoms with E-state index < -0.39 is 15.6 Å². The van der Waals surface area contributed by atoms with E-state index in [9.17, 15) is 8.42 Å². The van der Waals surface area contributed by atoms with Crippen LogP contribution in [0.2, 0.25) is 0 Å². The Kier molecular flexibility index (Phi) is 7.88. The molecule has 0 spiro atoms. The van der Waals surface area contributed by atoms with Gasteiger partial charge in [0.15, 0.2) is 5.96 Å². The number of sulfonamides is 1. The van der Waals surface area contributed by atoms with E-state index in [2.05, 4.69) is 39.3 Å². The molecule has 1 heterocycles. The van der Waals surface area contributed by atoms with Gasteiger partial charge in [0.2, 0.25) is 10.0 Å². The predicted molar refractivity (Wildman–Crippen MR) is 126 cm³/mol. The second kappa shape index (κ2) is 9.82. The zero-order valence-corrected chi connectivity index (χ0v) is 20.7. The van der Waals surface area contributed by atoms with Crippen LogP contribution < -0.4 is 15.4 Å². The van der Waals surface area contributed by atoms with Crippen molar-refractivity contribution in [2.45, 2.75) is 71.0 Å². The van der Waals surface area contributed by atoms with Gasteiger partial charge in [-0.3, -0.25) is 9.67 Å². The minimum Gasteiger partial charge on any atom is -0.354 e. The lowest BCUT2D eigenvalue weighted by molar-refractivity contribution is 0.491. The van der Waals surface area contributed by atoms with Crippen molar-refractivity contribution in [2.24, 2.45) is 12.0 Å². The molecule has 0 saturated carbocycles. The number of guanidine groups is 1. The average Bonchev–Trinajstić information content (AvgIpc) is 2.89. The topological polar surface area (TPSA) is 100 Å². The summed E-state index contributed by atoms with van der Waals surface area (Å²) >= 11 is 0. The third-order valence-electron chi connectivity index (χ3n) is 4.92. The first kappa shape index (κ1) is 24.9. The quantitative estimate of drug-likeness (QED) is 0.446. The number of benzene rings is 1. The summed E-state index contributed by atoms with van der Waals surface area (Å²) in [5.74, 6) is 0.614. The fraction of sp³-hybridized carbons (Fsp3) is 0.545. The highest BCUT2D eigenvalue weighted by Crippen LogP contribution is 2.18. The molecule has 3 N–H and O–H groups in total. The van der Waals surface area contributed by atoms with Crippen molar-refractivity contribution in [3.05, 3.63) is 46.8 Å². The molecule has 9 heteroatoms. The van der Waals surface area contributed by atoms with Crippen molar-refractivity contribution in [2.75, 3.05) is 7.05 Å². The number of nitrogens with zero attached hydrogens (tertiary/aromatic N) is 3. The van der Waals surface area contributed by atoms with Crippen LogP contribution in [0.4, 0.5) is 0 Å². The predicted octanol–water partition coefficient (Wildman–Crippen LogP) is 2.41. The van der Waals surface area contributed by atoms with Gasteiger partial charge in [0.1, 0.15) is 0 Å². The molecule has 0 bridgehead atoms. The number of hydrogen-bond acceptors (Lipinski definition) is 4. The normalized spacial score (nSPS) is 13.9. The highest BCUT2D eigenvalue weighted by atomic mass is 32.2. The number of nitrogens with one attached hydrogen (secondary N) is 3. The number of hydrogen-bond donors (Lipinski definition) is 3. The number of rotatable bonds is 7. The summed E-state index contributed by atoms with van der Waals surface area (Å²) in [5, 5.41) is 11.1. The molecule has 0 saturated heterocycles. The van der Waals surface area contributed by atoms with E-state index in [1.807, 2.05) is 51.6 Å². The second-order valence-electron chi connectivity index (χ2n) is 8.91. The van der Waals surface area contributed by atoms with Crippen LogP contribution >= 0.6 is 0 Å². The van der Waals surface area contributed by atoms with E-state index in [1.165, 1.54) is 5.56 Å². The molecular weight excluding hydrogens is 412 g/mol. The van der Waals surface area contributed by atoms with Gasteiger partial charge >= 0.3 is 0 Å². The fourth-order valence-corrected chi connectivity index (χ4v) is 5.11. The Labute approximate surface area is 186 Å². The molecular formula is C22H36N6O2S. The summed E-state index contributed by atoms with van der Waals surface area (Å²) < 4.78 is 30.3. The summed E-state index contributed by atoms with van der Waals surface area (Å²) in [6.45, 7) is 12.0. The molecule has 0 aliphatic rings. The zero-order valence-electron chi connectivity index (χ0n) is 19.9. The lowest BCUT2D eigenvalue weighted by atomic mass is 10.1. The molecule has 0 fully saturated rings. The van der Waals surface area contributed by atoms with Crippen molar-refractivity contribution < 1.29 is 8.42 Å². The van der Waals surface area contributed by atoms with E-state index >= 15 is 0 Å². The maximum Gasteiger partial charge on any atom is 0.241 e. The SMILES string of the molecule is CN=C(NCc1ccccc1S(=O)(=O)NC(C)(C)C)NC(C)Cc1c(C)nn(C)c1C. The van der Waals surface area contributed by atoms with E-state index in [0.717, 1.165) is 17.8 Å². The minimum atomic E-state index is -3.63. The first-order chi connectivity index (χ1) is 14.3. The highest BCUT2D eigenvalue weighted by molar-refractivity contribution is 7.89. The van der Waals surface area contributed by atoms with E-state index in [1.54, 1.807) is 19.2 Å². The van der Waals surface area contributed by atoms with Crippen LogP contribution in [0, 0.1) is 13.8 Å². The summed E-state index contributed by atoms with van der Waals surface area (Å²) in [6, 6.07) is 7.12. The first-order valence-corrected chi connectivity index (χ1v) is 11.9. The van der Waals surface area contributed by atoms with Gasteiger partial charge in [-0.2, -0.15) is 5.10 Å². The third-order valence-corrected chi connectivity index (χ3v) is 6.78. The second-order valence-corrected chi connectivity index (χ2v) is 10.6. The van der Waals surface area contributed by atoms with Crippen LogP contribution in [-0.4, -0.2) is 42.8 Å². The van der Waals surface area contributed by atoms with Gasteiger partial charge in [-0.15, -0.1) is 0 Å². The van der Waals surface area contributed by atoms with Gasteiger partial charge in [-0.05, 0) is 65.2 Å². The highest BCUT2D eigenvalue weighted by Gasteiger charge is 2.24. The van der Waals surface area contributed by atoms with Crippen molar-refractivity contribution >= 4 is 16.0 Å². The lowest BCUT2D eigenvalue weighted by Crippen LogP contribution is -2.43. The van der Waals surface area contributed by atoms with Crippen molar-refractivity contribution in [1.29, 1.82) is 0 Å². The molecule has 2 aromatic rings. The molecule has 1 unspecified atom stereocenters. The molecule has 0 amide bonds. The maximum atomic E-state index is 12.8. The fourth-order valence-electron chi connectivity index (χ4n) is 3.45. The molecule has 1 aromatic heterocycles. The Balaban J connectivity index is 2.08. The Morgan fingerprint density at radius 2 is 1.87 bits per heavy atom. The zero-order chi connectivity index (χ0) is 23.4. The van der Waals surface area contributed by atoms with E-state index in [-0.39, 0.29) is 10.9 Å². The Morgan fingerprint density at radius 3 is 2.42 bits per heavy atom. The van der Waals surface area contributed by atoms with Gasteiger partial charge in [0.05, 0.1) is 10.6 Å². The van der Waals surface area contributed by atoms with Crippen molar-refractivity contribution in [1.82, 2.24) is 25.1 Å². The number of aryl methyl sites for hydroxylation is 2. The van der Waals surface area contributed by atoms with Gasteiger partial charge < -0.3 is 10.6 Å². The van der Waals surface area contributed by atoms with Gasteiger partial charge in [-0.25, -0.2) is 13.1 Å². The number of aromatic nitrogens is 2. The standard InChI is InChI=1S/C22H36N6O2S/c1-15(13-19-16(2)26-28(8)17(19)3)25-21(23-7)24-14-18-11-9-10-12-20(18)31(29,30)27-22(4,5)6/h9-12,15,27H,13-14H2,1-8H3,(H2,23,24,25). The van der Waals surface area contributed by atoms with Crippen LogP contribution in [0.1, 0.15) is 50.2 Å². The third kappa shape index (κ3) is 6.80. The van der Waals surface area contributed by atoms with Gasteiger partial charge in [0, 0.05) is 37.9 Å². The molecule has 0 radical (unpaired) electrons. The van der Waals surface area contributed by atoms with Gasteiger partial charge in [0.25, 0.3) is 0 Å². The van der Waals surface area contributed by atoms with E-state index in [4.69, 9.17) is 0 Å². The van der Waals surface area contributed by atoms with Crippen LogP contribution in [0.5, 0.6) is 0 Å². The maximum absolute atomic E-state index is 12.8. The molecule has 31 heavy (non-hydrogen) atoms. The van der Waals surface area contributed by atoms with Crippen LogP contribution in [0.15, 0.2) is 34.2 Å². The molecule has 0 aliphatic carbocycles. The summed E-state index contributed by atoms with van der Waals surface area (Å²) in [4.78, 5) is 4.56. The Morgan fingerprint density at radius 1 is 1.23 bits per heavy atom. The monoisotopic (exact) mass is 448 g/mol. The summed E-state index contributed by atoms with van der Waals surface area (Å²) in [5.41, 5.74) is 3.52. The van der Waals surface area contributed by atoms with Crippen molar-refractivity contribution in [3.63, 3.8) is 0 Å². The minimum absolute atomic E-state index is 0.120. The largest absolute Gasteiger partial charge is 0.354 e. The molecule has 1 aromatic carbocycles. The molecule has 1 atom stereocenters. The van der Waals surface area contributed by atoms with Gasteiger partial charge in [-0.1, -0.05) is 18.2 Å². The average molecular weight is 449 g/mol. The summed E-state index contributed by atoms with van der Waals surface area (Å²) in [6.07, 6.45) is 0.812. The van der Waals surface area contributed by atoms with E-state index in [0.29, 0.717) is 18.1 Å². The Bertz CT molecular complexity index is 1030. The Hall–Kier alpha value is -2.39. The summed E-state index contributed by atoms with van der Waals surface area (Å²) in [7, 11) is 0.0159. The molecule has 0 aliphatic heterocycles. The van der Waals surface area contributed by atoms with Crippen LogP contribution in [0.3, 0.4) is 0 Å². The smallest absolute Gasteiger partial charge is 0.241 e. The van der Waals surface area contributed by atoms with Crippen LogP contribution in [-0.2, 0) is 30.0 Å². The molecule has 172 valence electrons. The van der Waals surface area contributed by atoms with Crippen LogP contribution in [0.25, 0.3) is 0 Å². The molecule has 8 nitrogen and oxygen atoms in total. The molecule has 2 rings (SSSR count).